The van der Waals surface area contributed by atoms with Gasteiger partial charge in [0.1, 0.15) is 0 Å². The normalized spacial score (nSPS) is 11.4. The Morgan fingerprint density at radius 1 is 0.647 bits per heavy atom. The van der Waals surface area contributed by atoms with Gasteiger partial charge in [0, 0.05) is 0 Å². The second-order valence-electron chi connectivity index (χ2n) is 4.18. The summed E-state index contributed by atoms with van der Waals surface area (Å²) in [5.74, 6) is 0. The van der Waals surface area contributed by atoms with E-state index < -0.39 is 11.7 Å². The summed E-state index contributed by atoms with van der Waals surface area (Å²) in [4.78, 5) is 0. The zero-order valence-electron chi connectivity index (χ0n) is 9.44. The van der Waals surface area contributed by atoms with E-state index in [1.165, 1.54) is 19.5 Å². The summed E-state index contributed by atoms with van der Waals surface area (Å²) in [5, 5.41) is 0. The SMILES string of the molecule is [I][Hf]([I])([CH2]c1ccccc1)[CH2]c1ccccc1. The Morgan fingerprint density at radius 2 is 1.00 bits per heavy atom. The van der Waals surface area contributed by atoms with Crippen LogP contribution < -0.4 is 0 Å². The maximum atomic E-state index is 2.79. The number of halogens is 2. The third-order valence-electron chi connectivity index (χ3n) is 2.61. The summed E-state index contributed by atoms with van der Waals surface area (Å²) < 4.78 is 2.65. The molecule has 17 heavy (non-hydrogen) atoms. The van der Waals surface area contributed by atoms with E-state index in [0.717, 1.165) is 0 Å². The van der Waals surface area contributed by atoms with Crippen LogP contribution in [0, 0.1) is 0 Å². The van der Waals surface area contributed by atoms with Gasteiger partial charge in [0.2, 0.25) is 0 Å². The van der Waals surface area contributed by atoms with E-state index >= 15 is 0 Å². The van der Waals surface area contributed by atoms with Crippen molar-refractivity contribution in [2.75, 3.05) is 0 Å². The third-order valence-corrected chi connectivity index (χ3v) is 21.7. The predicted octanol–water partition coefficient (Wildman–Crippen LogP) is 5.24. The molecule has 0 amide bonds. The van der Waals surface area contributed by atoms with Crippen LogP contribution in [0.25, 0.3) is 0 Å². The molecule has 0 spiro atoms. The van der Waals surface area contributed by atoms with E-state index in [-0.39, 0.29) is 0 Å². The molecule has 0 aliphatic heterocycles. The van der Waals surface area contributed by atoms with Crippen molar-refractivity contribution in [2.45, 2.75) is 8.35 Å². The van der Waals surface area contributed by atoms with Crippen LogP contribution in [0.1, 0.15) is 11.1 Å². The average molecular weight is 615 g/mol. The molecule has 0 bridgehead atoms. The van der Waals surface area contributed by atoms with E-state index in [9.17, 15) is 0 Å². The first-order valence-electron chi connectivity index (χ1n) is 5.61. The van der Waals surface area contributed by atoms with Crippen LogP contribution in [0.5, 0.6) is 0 Å². The van der Waals surface area contributed by atoms with Crippen molar-refractivity contribution in [3.63, 3.8) is 0 Å². The van der Waals surface area contributed by atoms with Gasteiger partial charge in [-0.2, -0.15) is 0 Å². The van der Waals surface area contributed by atoms with E-state index in [2.05, 4.69) is 96.9 Å². The Labute approximate surface area is 126 Å². The van der Waals surface area contributed by atoms with Crippen LogP contribution in [0.15, 0.2) is 60.7 Å². The fraction of sp³-hybridized carbons (Fsp3) is 0.143. The second kappa shape index (κ2) is 6.80. The average Bonchev–Trinajstić information content (AvgIpc) is 2.30. The molecule has 0 saturated carbocycles. The van der Waals surface area contributed by atoms with E-state index in [0.29, 0.717) is 0 Å². The van der Waals surface area contributed by atoms with E-state index in [4.69, 9.17) is 0 Å². The molecule has 0 aliphatic rings. The molecule has 0 heterocycles. The molecule has 0 unspecified atom stereocenters. The summed E-state index contributed by atoms with van der Waals surface area (Å²) >= 11 is 3.44. The first-order valence-corrected chi connectivity index (χ1v) is 31.1. The summed E-state index contributed by atoms with van der Waals surface area (Å²) in [6.07, 6.45) is 0. The molecule has 0 radical (unpaired) electrons. The summed E-state index contributed by atoms with van der Waals surface area (Å²) in [7, 11) is 0. The minimum absolute atomic E-state index is 1.32. The van der Waals surface area contributed by atoms with Gasteiger partial charge in [-0.05, 0) is 0 Å². The first-order chi connectivity index (χ1) is 8.16. The topological polar surface area (TPSA) is 0 Å². The van der Waals surface area contributed by atoms with Crippen molar-refractivity contribution >= 4 is 36.3 Å². The fourth-order valence-electron chi connectivity index (χ4n) is 1.85. The zero-order valence-corrected chi connectivity index (χ0v) is 17.4. The van der Waals surface area contributed by atoms with Crippen molar-refractivity contribution in [3.05, 3.63) is 71.8 Å². The Balaban J connectivity index is 2.04. The molecule has 0 saturated heterocycles. The first kappa shape index (κ1) is 14.2. The van der Waals surface area contributed by atoms with Gasteiger partial charge in [-0.3, -0.25) is 0 Å². The molecule has 0 aromatic heterocycles. The van der Waals surface area contributed by atoms with Crippen LogP contribution >= 0.6 is 36.3 Å². The van der Waals surface area contributed by atoms with Crippen LogP contribution in [0.3, 0.4) is 0 Å². The predicted molar refractivity (Wildman–Crippen MR) is 88.3 cm³/mol. The summed E-state index contributed by atoms with van der Waals surface area (Å²) in [5.41, 5.74) is 3.02. The standard InChI is InChI=1S/2C7H7.Hf.2HI/c2*1-7-5-3-2-4-6-7;;;/h2*2-6H,1H2;;2*1H/q;;+2;;/p-2. The van der Waals surface area contributed by atoms with Gasteiger partial charge in [0.05, 0.1) is 0 Å². The molecule has 0 atom stereocenters. The molecular weight excluding hydrogens is 600 g/mol. The zero-order chi connectivity index (χ0) is 12.1. The Hall–Kier alpha value is 0.770. The minimum atomic E-state index is -2.14. The third kappa shape index (κ3) is 5.11. The number of benzene rings is 2. The number of hydrogen-bond acceptors (Lipinski definition) is 0. The summed E-state index contributed by atoms with van der Waals surface area (Å²) in [6, 6.07) is 21.8. The number of hydrogen-bond donors (Lipinski definition) is 0. The van der Waals surface area contributed by atoms with Crippen molar-refractivity contribution in [1.29, 1.82) is 0 Å². The molecule has 0 N–H and O–H groups in total. The van der Waals surface area contributed by atoms with Gasteiger partial charge >= 0.3 is 128 Å². The molecular formula is C14H14HfI2. The molecule has 0 nitrogen and oxygen atoms in total. The van der Waals surface area contributed by atoms with Crippen LogP contribution in [0.2, 0.25) is 0 Å². The molecule has 2 aromatic carbocycles. The Kier molecular flexibility index (Phi) is 5.67. The van der Waals surface area contributed by atoms with Crippen LogP contribution in [0.4, 0.5) is 0 Å². The second-order valence-corrected chi connectivity index (χ2v) is 63.6. The van der Waals surface area contributed by atoms with Crippen LogP contribution in [-0.2, 0) is 20.0 Å². The van der Waals surface area contributed by atoms with Gasteiger partial charge < -0.3 is 0 Å². The quantitative estimate of drug-likeness (QED) is 0.327. The fourth-order valence-corrected chi connectivity index (χ4v) is 22.7. The molecule has 88 valence electrons. The Morgan fingerprint density at radius 3 is 1.35 bits per heavy atom. The van der Waals surface area contributed by atoms with Crippen molar-refractivity contribution in [1.82, 2.24) is 0 Å². The van der Waals surface area contributed by atoms with Crippen LogP contribution in [-0.4, -0.2) is 0 Å². The van der Waals surface area contributed by atoms with Gasteiger partial charge in [-0.15, -0.1) is 0 Å². The van der Waals surface area contributed by atoms with Gasteiger partial charge in [0.25, 0.3) is 0 Å². The Bertz CT molecular complexity index is 411. The van der Waals surface area contributed by atoms with Crippen molar-refractivity contribution in [2.24, 2.45) is 0 Å². The number of rotatable bonds is 4. The van der Waals surface area contributed by atoms with E-state index in [1.54, 1.807) is 0 Å². The molecule has 2 rings (SSSR count). The maximum absolute atomic E-state index is 2.79. The van der Waals surface area contributed by atoms with Crippen molar-refractivity contribution in [3.8, 4) is 0 Å². The molecule has 2 aromatic rings. The van der Waals surface area contributed by atoms with Crippen molar-refractivity contribution < 1.29 is 11.7 Å². The molecule has 3 heteroatoms. The van der Waals surface area contributed by atoms with E-state index in [1.807, 2.05) is 0 Å². The molecule has 0 aliphatic carbocycles. The summed E-state index contributed by atoms with van der Waals surface area (Å²) in [6.45, 7) is 0. The van der Waals surface area contributed by atoms with Gasteiger partial charge in [-0.1, -0.05) is 0 Å². The van der Waals surface area contributed by atoms with Gasteiger partial charge in [0.15, 0.2) is 0 Å². The molecule has 0 fully saturated rings. The van der Waals surface area contributed by atoms with Gasteiger partial charge in [-0.25, -0.2) is 0 Å². The monoisotopic (exact) mass is 616 g/mol.